The fourth-order valence-electron chi connectivity index (χ4n) is 3.83. The third-order valence-electron chi connectivity index (χ3n) is 5.29. The molecule has 0 aliphatic carbocycles. The number of benzene rings is 2. The van der Waals surface area contributed by atoms with Gasteiger partial charge in [0.2, 0.25) is 0 Å². The number of aromatic nitrogens is 2. The van der Waals surface area contributed by atoms with E-state index < -0.39 is 0 Å². The standard InChI is InChI=1S/C24H26N6O2/c1-14-18(22(28-27-14)16-9-5-7-11-20(16)31-3)13-19-23(29-30-24(19)26-15(2)25)17-10-6-8-12-21(17)32-4/h5-13,19,24,27,30H,1H2,2-4H3,(H2,25,26)/b18-13+. The van der Waals surface area contributed by atoms with Crippen molar-refractivity contribution in [2.45, 2.75) is 13.1 Å². The maximum Gasteiger partial charge on any atom is 0.148 e. The lowest BCUT2D eigenvalue weighted by Gasteiger charge is -2.16. The number of nitrogens with one attached hydrogen (secondary N) is 2. The lowest BCUT2D eigenvalue weighted by Crippen LogP contribution is -2.33. The van der Waals surface area contributed by atoms with Crippen molar-refractivity contribution in [1.29, 1.82) is 0 Å². The van der Waals surface area contributed by atoms with E-state index in [-0.39, 0.29) is 12.1 Å². The van der Waals surface area contributed by atoms with Crippen LogP contribution in [0.15, 0.2) is 58.6 Å². The molecule has 0 saturated heterocycles. The predicted octanol–water partition coefficient (Wildman–Crippen LogP) is 1.61. The fraction of sp³-hybridized carbons (Fsp3) is 0.208. The van der Waals surface area contributed by atoms with E-state index in [1.165, 1.54) is 0 Å². The molecule has 1 aliphatic rings. The highest BCUT2D eigenvalue weighted by molar-refractivity contribution is 6.08. The van der Waals surface area contributed by atoms with Crippen LogP contribution in [-0.4, -0.2) is 42.1 Å². The first-order valence-electron chi connectivity index (χ1n) is 10.2. The zero-order valence-electron chi connectivity index (χ0n) is 18.3. The highest BCUT2D eigenvalue weighted by Gasteiger charge is 2.32. The zero-order valence-corrected chi connectivity index (χ0v) is 18.3. The van der Waals surface area contributed by atoms with Crippen molar-refractivity contribution < 1.29 is 9.47 Å². The normalized spacial score (nSPS) is 18.9. The van der Waals surface area contributed by atoms with Gasteiger partial charge in [0.25, 0.3) is 0 Å². The summed E-state index contributed by atoms with van der Waals surface area (Å²) in [4.78, 5) is 4.56. The van der Waals surface area contributed by atoms with Crippen LogP contribution in [0.4, 0.5) is 0 Å². The predicted molar refractivity (Wildman–Crippen MR) is 127 cm³/mol. The van der Waals surface area contributed by atoms with Gasteiger partial charge in [-0.05, 0) is 31.2 Å². The van der Waals surface area contributed by atoms with Gasteiger partial charge in [0.1, 0.15) is 23.4 Å². The van der Waals surface area contributed by atoms with Crippen LogP contribution < -0.4 is 31.2 Å². The van der Waals surface area contributed by atoms with Gasteiger partial charge in [-0.1, -0.05) is 36.9 Å². The molecule has 32 heavy (non-hydrogen) atoms. The molecular formula is C24H26N6O2. The Kier molecular flexibility index (Phi) is 5.93. The lowest BCUT2D eigenvalue weighted by molar-refractivity contribution is 0.413. The number of rotatable bonds is 6. The zero-order chi connectivity index (χ0) is 22.7. The number of hydrogen-bond acceptors (Lipinski definition) is 6. The number of para-hydroxylation sites is 2. The van der Waals surface area contributed by atoms with E-state index in [1.54, 1.807) is 21.1 Å². The van der Waals surface area contributed by atoms with Crippen molar-refractivity contribution in [2.24, 2.45) is 21.7 Å². The summed E-state index contributed by atoms with van der Waals surface area (Å²) in [5.41, 5.74) is 12.3. The van der Waals surface area contributed by atoms with Gasteiger partial charge in [-0.15, -0.1) is 0 Å². The summed E-state index contributed by atoms with van der Waals surface area (Å²) in [7, 11) is 3.28. The van der Waals surface area contributed by atoms with Crippen molar-refractivity contribution in [3.05, 3.63) is 64.7 Å². The fourth-order valence-corrected chi connectivity index (χ4v) is 3.83. The molecule has 8 heteroatoms. The molecule has 1 aromatic heterocycles. The van der Waals surface area contributed by atoms with Gasteiger partial charge in [-0.25, -0.2) is 4.99 Å². The van der Waals surface area contributed by atoms with E-state index >= 15 is 0 Å². The SMILES string of the molecule is C=c1[nH]nc(-c2ccccc2OC)/c1=C/C1C(c2ccccc2OC)=NNC1/N=C(/C)N. The minimum atomic E-state index is -0.375. The second-order valence-electron chi connectivity index (χ2n) is 7.40. The van der Waals surface area contributed by atoms with Crippen LogP contribution in [0.25, 0.3) is 23.9 Å². The number of aliphatic imine (C=N–C) groups is 1. The van der Waals surface area contributed by atoms with Gasteiger partial charge in [0.15, 0.2) is 0 Å². The average molecular weight is 431 g/mol. The number of hydrazone groups is 1. The van der Waals surface area contributed by atoms with Crippen molar-refractivity contribution in [2.75, 3.05) is 14.2 Å². The molecule has 0 radical (unpaired) electrons. The van der Waals surface area contributed by atoms with Crippen LogP contribution >= 0.6 is 0 Å². The minimum Gasteiger partial charge on any atom is -0.496 e. The summed E-state index contributed by atoms with van der Waals surface area (Å²) in [5, 5.41) is 13.6. The first-order valence-corrected chi connectivity index (χ1v) is 10.2. The Hall–Kier alpha value is -4.07. The number of methoxy groups -OCH3 is 2. The van der Waals surface area contributed by atoms with Crippen molar-refractivity contribution in [3.8, 4) is 22.8 Å². The molecule has 2 atom stereocenters. The Morgan fingerprint density at radius 3 is 2.34 bits per heavy atom. The van der Waals surface area contributed by atoms with Gasteiger partial charge < -0.3 is 15.2 Å². The van der Waals surface area contributed by atoms with Crippen LogP contribution in [-0.2, 0) is 0 Å². The topological polar surface area (TPSA) is 110 Å². The molecule has 0 spiro atoms. The third kappa shape index (κ3) is 3.94. The Labute approximate surface area is 186 Å². The number of hydrogen-bond donors (Lipinski definition) is 3. The molecule has 2 unspecified atom stereocenters. The van der Waals surface area contributed by atoms with Gasteiger partial charge >= 0.3 is 0 Å². The molecule has 0 fully saturated rings. The molecule has 1 aliphatic heterocycles. The van der Waals surface area contributed by atoms with E-state index in [0.29, 0.717) is 11.2 Å². The number of nitrogens with two attached hydrogens (primary N) is 1. The summed E-state index contributed by atoms with van der Waals surface area (Å²) in [6.07, 6.45) is 1.69. The molecule has 4 rings (SSSR count). The number of nitrogens with zero attached hydrogens (tertiary/aromatic N) is 3. The molecule has 164 valence electrons. The second kappa shape index (κ2) is 8.97. The molecule has 0 amide bonds. The molecule has 3 aromatic rings. The highest BCUT2D eigenvalue weighted by Crippen LogP contribution is 2.29. The monoisotopic (exact) mass is 430 g/mol. The molecule has 4 N–H and O–H groups in total. The largest absolute Gasteiger partial charge is 0.496 e. The molecule has 0 bridgehead atoms. The van der Waals surface area contributed by atoms with Gasteiger partial charge in [0, 0.05) is 16.3 Å². The van der Waals surface area contributed by atoms with Gasteiger partial charge in [0.05, 0.1) is 37.0 Å². The Balaban J connectivity index is 1.90. The maximum absolute atomic E-state index is 5.91. The van der Waals surface area contributed by atoms with E-state index in [1.807, 2.05) is 48.5 Å². The number of ether oxygens (including phenoxy) is 2. The summed E-state index contributed by atoms with van der Waals surface area (Å²) in [5.74, 6) is 1.68. The van der Waals surface area contributed by atoms with Crippen LogP contribution in [0.5, 0.6) is 11.5 Å². The average Bonchev–Trinajstić information content (AvgIpc) is 3.36. The number of H-pyrrole nitrogens is 1. The Morgan fingerprint density at radius 1 is 1.06 bits per heavy atom. The summed E-state index contributed by atoms with van der Waals surface area (Å²) < 4.78 is 11.1. The second-order valence-corrected chi connectivity index (χ2v) is 7.40. The number of aromatic amines is 1. The summed E-state index contributed by atoms with van der Waals surface area (Å²) in [6, 6.07) is 15.5. The molecule has 2 heterocycles. The van der Waals surface area contributed by atoms with Gasteiger partial charge in [-0.2, -0.15) is 10.2 Å². The van der Waals surface area contributed by atoms with Gasteiger partial charge in [-0.3, -0.25) is 10.5 Å². The maximum atomic E-state index is 5.91. The van der Waals surface area contributed by atoms with Crippen LogP contribution in [0.1, 0.15) is 12.5 Å². The van der Waals surface area contributed by atoms with E-state index in [9.17, 15) is 0 Å². The van der Waals surface area contributed by atoms with E-state index in [2.05, 4.69) is 38.4 Å². The highest BCUT2D eigenvalue weighted by atomic mass is 16.5. The summed E-state index contributed by atoms with van der Waals surface area (Å²) >= 11 is 0. The first kappa shape index (κ1) is 21.2. The minimum absolute atomic E-state index is 0.239. The van der Waals surface area contributed by atoms with Crippen molar-refractivity contribution in [3.63, 3.8) is 0 Å². The van der Waals surface area contributed by atoms with E-state index in [0.717, 1.165) is 39.3 Å². The Bertz CT molecular complexity index is 1290. The quantitative estimate of drug-likeness (QED) is 0.407. The van der Waals surface area contributed by atoms with E-state index in [4.69, 9.17) is 15.2 Å². The molecule has 0 saturated carbocycles. The third-order valence-corrected chi connectivity index (χ3v) is 5.29. The number of amidine groups is 1. The molecule has 8 nitrogen and oxygen atoms in total. The molecular weight excluding hydrogens is 404 g/mol. The first-order chi connectivity index (χ1) is 15.5. The summed E-state index contributed by atoms with van der Waals surface area (Å²) in [6.45, 7) is 5.90. The van der Waals surface area contributed by atoms with Crippen molar-refractivity contribution >= 4 is 24.2 Å². The van der Waals surface area contributed by atoms with Crippen LogP contribution in [0, 0.1) is 5.92 Å². The lowest BCUT2D eigenvalue weighted by atomic mass is 9.93. The molecule has 2 aromatic carbocycles. The smallest absolute Gasteiger partial charge is 0.148 e. The van der Waals surface area contributed by atoms with Crippen LogP contribution in [0.3, 0.4) is 0 Å². The Morgan fingerprint density at radius 2 is 1.69 bits per heavy atom. The van der Waals surface area contributed by atoms with Crippen molar-refractivity contribution in [1.82, 2.24) is 15.6 Å². The van der Waals surface area contributed by atoms with Crippen LogP contribution in [0.2, 0.25) is 0 Å².